The van der Waals surface area contributed by atoms with Crippen molar-refractivity contribution in [1.29, 1.82) is 0 Å². The topological polar surface area (TPSA) is 63.9 Å². The van der Waals surface area contributed by atoms with Crippen molar-refractivity contribution in [2.24, 2.45) is 0 Å². The van der Waals surface area contributed by atoms with Gasteiger partial charge in [-0.25, -0.2) is 0 Å². The number of ether oxygens (including phenoxy) is 2. The Balaban J connectivity index is 1.55. The van der Waals surface area contributed by atoms with Crippen LogP contribution in [0.1, 0.15) is 31.4 Å². The molecule has 1 saturated heterocycles. The van der Waals surface area contributed by atoms with E-state index in [9.17, 15) is 23.1 Å². The fourth-order valence-electron chi connectivity index (χ4n) is 5.35. The standard InChI is InChI=1S/C26H28ClF3N2O4S/c1-24(2,18-12-17(31-5-8-35-9-6-31)11-16-3-7-36-22(16)18)14-25(34,26(28,29)30)15-32-13-19(27)21(33)23-20(32)4-10-37-23/h4,10-13,34H,3,5-9,14-15H2,1-2H3. The van der Waals surface area contributed by atoms with Gasteiger partial charge in [-0.2, -0.15) is 13.2 Å². The summed E-state index contributed by atoms with van der Waals surface area (Å²) in [6.45, 7) is 5.59. The Bertz CT molecular complexity index is 1380. The van der Waals surface area contributed by atoms with E-state index in [4.69, 9.17) is 21.1 Å². The molecule has 11 heteroatoms. The summed E-state index contributed by atoms with van der Waals surface area (Å²) >= 11 is 7.16. The van der Waals surface area contributed by atoms with Gasteiger partial charge in [0.25, 0.3) is 0 Å². The molecule has 1 fully saturated rings. The molecule has 4 heterocycles. The minimum Gasteiger partial charge on any atom is -0.493 e. The second-order valence-electron chi connectivity index (χ2n) is 10.3. The van der Waals surface area contributed by atoms with Gasteiger partial charge in [0.15, 0.2) is 5.60 Å². The molecule has 2 aliphatic rings. The first-order chi connectivity index (χ1) is 17.4. The maximum atomic E-state index is 14.6. The van der Waals surface area contributed by atoms with Crippen molar-refractivity contribution in [2.75, 3.05) is 37.8 Å². The van der Waals surface area contributed by atoms with Crippen molar-refractivity contribution < 1.29 is 27.8 Å². The smallest absolute Gasteiger partial charge is 0.418 e. The van der Waals surface area contributed by atoms with Crippen LogP contribution >= 0.6 is 22.9 Å². The van der Waals surface area contributed by atoms with E-state index in [1.165, 1.54) is 10.8 Å². The normalized spacial score (nSPS) is 18.1. The van der Waals surface area contributed by atoms with Gasteiger partial charge in [0.2, 0.25) is 5.43 Å². The van der Waals surface area contributed by atoms with Crippen LogP contribution in [-0.4, -0.2) is 54.4 Å². The van der Waals surface area contributed by atoms with Gasteiger partial charge in [0, 0.05) is 37.0 Å². The van der Waals surface area contributed by atoms with Gasteiger partial charge in [-0.15, -0.1) is 11.3 Å². The number of fused-ring (bicyclic) bond motifs is 2. The number of pyridine rings is 1. The molecule has 37 heavy (non-hydrogen) atoms. The van der Waals surface area contributed by atoms with Gasteiger partial charge in [-0.3, -0.25) is 4.79 Å². The zero-order valence-electron chi connectivity index (χ0n) is 20.5. The van der Waals surface area contributed by atoms with E-state index in [0.717, 1.165) is 22.6 Å². The zero-order chi connectivity index (χ0) is 26.6. The number of thiophene rings is 1. The van der Waals surface area contributed by atoms with Crippen LogP contribution in [0.3, 0.4) is 0 Å². The lowest BCUT2D eigenvalue weighted by Gasteiger charge is -2.39. The molecule has 200 valence electrons. The van der Waals surface area contributed by atoms with E-state index in [-0.39, 0.29) is 9.72 Å². The summed E-state index contributed by atoms with van der Waals surface area (Å²) in [5, 5.41) is 12.7. The Morgan fingerprint density at radius 1 is 1.16 bits per heavy atom. The number of hydrogen-bond acceptors (Lipinski definition) is 6. The van der Waals surface area contributed by atoms with Crippen LogP contribution in [0.25, 0.3) is 10.2 Å². The number of anilines is 1. The van der Waals surface area contributed by atoms with Crippen LogP contribution in [0.15, 0.2) is 34.6 Å². The summed E-state index contributed by atoms with van der Waals surface area (Å²) in [5.74, 6) is 0.596. The number of aromatic nitrogens is 1. The SMILES string of the molecule is CC(C)(CC(O)(Cn1cc(Cl)c(=O)c2sccc21)C(F)(F)F)c1cc(N2CCOCC2)cc2c1OCC2. The number of halogens is 4. The largest absolute Gasteiger partial charge is 0.493 e. The summed E-state index contributed by atoms with van der Waals surface area (Å²) in [6, 6.07) is 5.49. The van der Waals surface area contributed by atoms with Crippen LogP contribution in [0, 0.1) is 0 Å². The fourth-order valence-corrected chi connectivity index (χ4v) is 6.48. The maximum Gasteiger partial charge on any atom is 0.418 e. The van der Waals surface area contributed by atoms with Gasteiger partial charge in [-0.05, 0) is 41.0 Å². The van der Waals surface area contributed by atoms with Gasteiger partial charge >= 0.3 is 6.18 Å². The van der Waals surface area contributed by atoms with Crippen LogP contribution in [0.4, 0.5) is 18.9 Å². The second kappa shape index (κ2) is 9.48. The number of morpholine rings is 1. The molecule has 5 rings (SSSR count). The Morgan fingerprint density at radius 2 is 1.89 bits per heavy atom. The van der Waals surface area contributed by atoms with Crippen LogP contribution < -0.4 is 15.1 Å². The first-order valence-corrected chi connectivity index (χ1v) is 13.3. The summed E-state index contributed by atoms with van der Waals surface area (Å²) in [4.78, 5) is 14.5. The van der Waals surface area contributed by atoms with Crippen molar-refractivity contribution in [3.8, 4) is 5.75 Å². The van der Waals surface area contributed by atoms with Crippen LogP contribution in [0.5, 0.6) is 5.75 Å². The van der Waals surface area contributed by atoms with E-state index in [1.807, 2.05) is 12.1 Å². The first kappa shape index (κ1) is 26.3. The predicted molar refractivity (Wildman–Crippen MR) is 138 cm³/mol. The summed E-state index contributed by atoms with van der Waals surface area (Å²) in [5.41, 5.74) is -1.86. The van der Waals surface area contributed by atoms with E-state index in [0.29, 0.717) is 56.2 Å². The lowest BCUT2D eigenvalue weighted by Crippen LogP contribution is -2.52. The monoisotopic (exact) mass is 556 g/mol. The number of nitrogens with zero attached hydrogens (tertiary/aromatic N) is 2. The van der Waals surface area contributed by atoms with E-state index in [1.54, 1.807) is 25.3 Å². The third-order valence-corrected chi connectivity index (χ3v) is 8.39. The lowest BCUT2D eigenvalue weighted by atomic mass is 9.73. The average Bonchev–Trinajstić information content (AvgIpc) is 3.51. The minimum atomic E-state index is -4.95. The summed E-state index contributed by atoms with van der Waals surface area (Å²) in [6.07, 6.45) is -3.73. The van der Waals surface area contributed by atoms with Gasteiger partial charge < -0.3 is 24.0 Å². The van der Waals surface area contributed by atoms with E-state index in [2.05, 4.69) is 4.90 Å². The number of alkyl halides is 3. The molecule has 0 spiro atoms. The molecule has 2 aromatic heterocycles. The van der Waals surface area contributed by atoms with Gasteiger partial charge in [0.05, 0.1) is 36.6 Å². The van der Waals surface area contributed by atoms with E-state index < -0.39 is 35.6 Å². The van der Waals surface area contributed by atoms with E-state index >= 15 is 0 Å². The number of aliphatic hydroxyl groups is 1. The number of hydrogen-bond donors (Lipinski definition) is 1. The molecular formula is C26H28ClF3N2O4S. The highest BCUT2D eigenvalue weighted by Gasteiger charge is 2.56. The molecule has 0 saturated carbocycles. The minimum absolute atomic E-state index is 0.192. The Labute approximate surface area is 221 Å². The third-order valence-electron chi connectivity index (χ3n) is 7.21. The van der Waals surface area contributed by atoms with Crippen molar-refractivity contribution in [2.45, 2.75) is 50.4 Å². The lowest BCUT2D eigenvalue weighted by molar-refractivity contribution is -0.271. The van der Waals surface area contributed by atoms with Gasteiger partial charge in [0.1, 0.15) is 10.8 Å². The van der Waals surface area contributed by atoms with Gasteiger partial charge in [-0.1, -0.05) is 25.4 Å². The maximum absolute atomic E-state index is 14.6. The first-order valence-electron chi connectivity index (χ1n) is 12.1. The number of rotatable bonds is 6. The second-order valence-corrected chi connectivity index (χ2v) is 11.7. The van der Waals surface area contributed by atoms with Crippen molar-refractivity contribution in [3.05, 3.63) is 56.1 Å². The molecule has 6 nitrogen and oxygen atoms in total. The van der Waals surface area contributed by atoms with Crippen molar-refractivity contribution in [1.82, 2.24) is 4.57 Å². The molecule has 0 radical (unpaired) electrons. The van der Waals surface area contributed by atoms with Crippen LogP contribution in [-0.2, 0) is 23.1 Å². The Kier molecular flexibility index (Phi) is 6.75. The quantitative estimate of drug-likeness (QED) is 0.455. The molecule has 1 aromatic carbocycles. The molecular weight excluding hydrogens is 529 g/mol. The molecule has 0 bridgehead atoms. The fraction of sp³-hybridized carbons (Fsp3) is 0.500. The summed E-state index contributed by atoms with van der Waals surface area (Å²) < 4.78 is 56.6. The van der Waals surface area contributed by atoms with Crippen molar-refractivity contribution >= 4 is 38.8 Å². The van der Waals surface area contributed by atoms with Crippen molar-refractivity contribution in [3.63, 3.8) is 0 Å². The molecule has 0 aliphatic carbocycles. The summed E-state index contributed by atoms with van der Waals surface area (Å²) in [7, 11) is 0. The predicted octanol–water partition coefficient (Wildman–Crippen LogP) is 5.15. The molecule has 1 N–H and O–H groups in total. The highest BCUT2D eigenvalue weighted by atomic mass is 35.5. The average molecular weight is 557 g/mol. The Morgan fingerprint density at radius 3 is 2.59 bits per heavy atom. The number of benzene rings is 1. The molecule has 3 aromatic rings. The Hall–Kier alpha value is -2.27. The van der Waals surface area contributed by atoms with Crippen LogP contribution in [0.2, 0.25) is 5.02 Å². The molecule has 0 amide bonds. The molecule has 1 unspecified atom stereocenters. The molecule has 2 aliphatic heterocycles. The zero-order valence-corrected chi connectivity index (χ0v) is 22.1. The molecule has 1 atom stereocenters. The highest BCUT2D eigenvalue weighted by molar-refractivity contribution is 7.17. The highest BCUT2D eigenvalue weighted by Crippen LogP contribution is 2.47. The third kappa shape index (κ3) is 4.84.